The summed E-state index contributed by atoms with van der Waals surface area (Å²) in [5.41, 5.74) is 6.15. The number of hydrogen-bond acceptors (Lipinski definition) is 3. The minimum atomic E-state index is -0.330. The minimum absolute atomic E-state index is 0.0754. The van der Waals surface area contributed by atoms with Gasteiger partial charge in [0.15, 0.2) is 0 Å². The van der Waals surface area contributed by atoms with Gasteiger partial charge >= 0.3 is 0 Å². The van der Waals surface area contributed by atoms with E-state index in [0.717, 1.165) is 13.0 Å². The van der Waals surface area contributed by atoms with Gasteiger partial charge in [-0.15, -0.1) is 0 Å². The summed E-state index contributed by atoms with van der Waals surface area (Å²) in [6.45, 7) is 3.08. The zero-order valence-electron chi connectivity index (χ0n) is 9.28. The molecule has 2 atom stereocenters. The van der Waals surface area contributed by atoms with E-state index in [1.807, 2.05) is 0 Å². The zero-order valence-corrected chi connectivity index (χ0v) is 9.28. The van der Waals surface area contributed by atoms with Crippen molar-refractivity contribution in [3.05, 3.63) is 29.6 Å². The monoisotopic (exact) mass is 225 g/mol. The van der Waals surface area contributed by atoms with Gasteiger partial charge in [-0.3, -0.25) is 0 Å². The molecular formula is C12H16FNO2. The molecule has 0 aromatic heterocycles. The van der Waals surface area contributed by atoms with Crippen LogP contribution in [0.15, 0.2) is 18.2 Å². The maximum absolute atomic E-state index is 13.4. The molecule has 88 valence electrons. The Labute approximate surface area is 94.3 Å². The molecule has 1 aliphatic heterocycles. The Morgan fingerprint density at radius 3 is 3.00 bits per heavy atom. The van der Waals surface area contributed by atoms with Gasteiger partial charge in [-0.2, -0.15) is 0 Å². The molecule has 1 unspecified atom stereocenters. The first-order valence-corrected chi connectivity index (χ1v) is 5.46. The van der Waals surface area contributed by atoms with Crippen molar-refractivity contribution in [1.29, 1.82) is 0 Å². The zero-order chi connectivity index (χ0) is 11.5. The van der Waals surface area contributed by atoms with Gasteiger partial charge in [0, 0.05) is 18.0 Å². The molecule has 0 aliphatic carbocycles. The number of hydrogen-bond donors (Lipinski definition) is 1. The first-order valence-electron chi connectivity index (χ1n) is 5.46. The van der Waals surface area contributed by atoms with Crippen LogP contribution in [0.5, 0.6) is 5.75 Å². The Morgan fingerprint density at radius 2 is 2.38 bits per heavy atom. The van der Waals surface area contributed by atoms with Gasteiger partial charge < -0.3 is 15.2 Å². The van der Waals surface area contributed by atoms with Crippen LogP contribution < -0.4 is 10.5 Å². The van der Waals surface area contributed by atoms with Crippen LogP contribution in [0.3, 0.4) is 0 Å². The van der Waals surface area contributed by atoms with Crippen LogP contribution in [0, 0.1) is 5.82 Å². The first kappa shape index (κ1) is 11.4. The van der Waals surface area contributed by atoms with Gasteiger partial charge in [0.2, 0.25) is 0 Å². The van der Waals surface area contributed by atoms with Gasteiger partial charge in [-0.05, 0) is 25.1 Å². The lowest BCUT2D eigenvalue weighted by molar-refractivity contribution is 0.141. The Kier molecular flexibility index (Phi) is 3.41. The van der Waals surface area contributed by atoms with E-state index in [4.69, 9.17) is 15.2 Å². The molecule has 2 N–H and O–H groups in total. The lowest BCUT2D eigenvalue weighted by Gasteiger charge is -2.14. The third-order valence-corrected chi connectivity index (χ3v) is 2.65. The van der Waals surface area contributed by atoms with Crippen LogP contribution >= 0.6 is 0 Å². The van der Waals surface area contributed by atoms with Crippen molar-refractivity contribution in [2.45, 2.75) is 25.5 Å². The van der Waals surface area contributed by atoms with E-state index >= 15 is 0 Å². The molecule has 1 fully saturated rings. The maximum atomic E-state index is 13.4. The van der Waals surface area contributed by atoms with Crippen LogP contribution in [0.1, 0.15) is 24.9 Å². The average molecular weight is 225 g/mol. The molecule has 1 aromatic rings. The Balaban J connectivity index is 2.12. The second kappa shape index (κ2) is 4.80. The van der Waals surface area contributed by atoms with Gasteiger partial charge in [0.05, 0.1) is 13.2 Å². The standard InChI is InChI=1S/C12H16FNO2/c1-8(14)11-6-9(2-3-12(11)13)16-10-4-5-15-7-10/h2-3,6,8,10H,4-5,7,14H2,1H3/t8?,10-/m0/s1. The summed E-state index contributed by atoms with van der Waals surface area (Å²) >= 11 is 0. The van der Waals surface area contributed by atoms with Gasteiger partial charge in [0.25, 0.3) is 0 Å². The van der Waals surface area contributed by atoms with Crippen molar-refractivity contribution in [3.63, 3.8) is 0 Å². The third-order valence-electron chi connectivity index (χ3n) is 2.65. The molecule has 0 amide bonds. The molecule has 0 spiro atoms. The second-order valence-electron chi connectivity index (χ2n) is 4.08. The average Bonchev–Trinajstić information content (AvgIpc) is 2.73. The normalized spacial score (nSPS) is 22.1. The van der Waals surface area contributed by atoms with E-state index in [-0.39, 0.29) is 18.0 Å². The molecule has 1 saturated heterocycles. The van der Waals surface area contributed by atoms with Crippen molar-refractivity contribution in [1.82, 2.24) is 0 Å². The largest absolute Gasteiger partial charge is 0.488 e. The molecule has 1 aromatic carbocycles. The lowest BCUT2D eigenvalue weighted by Crippen LogP contribution is -2.16. The fourth-order valence-corrected chi connectivity index (χ4v) is 1.74. The van der Waals surface area contributed by atoms with E-state index in [2.05, 4.69) is 0 Å². The summed E-state index contributed by atoms with van der Waals surface area (Å²) in [6.07, 6.45) is 0.955. The second-order valence-corrected chi connectivity index (χ2v) is 4.08. The van der Waals surface area contributed by atoms with E-state index < -0.39 is 0 Å². The molecule has 16 heavy (non-hydrogen) atoms. The summed E-state index contributed by atoms with van der Waals surface area (Å²) in [4.78, 5) is 0. The summed E-state index contributed by atoms with van der Waals surface area (Å²) in [5.74, 6) is 0.370. The maximum Gasteiger partial charge on any atom is 0.128 e. The predicted molar refractivity (Wildman–Crippen MR) is 58.9 cm³/mol. The van der Waals surface area contributed by atoms with Crippen LogP contribution in [-0.4, -0.2) is 19.3 Å². The quantitative estimate of drug-likeness (QED) is 0.855. The van der Waals surface area contributed by atoms with Crippen molar-refractivity contribution in [3.8, 4) is 5.75 Å². The van der Waals surface area contributed by atoms with Crippen molar-refractivity contribution in [2.75, 3.05) is 13.2 Å². The molecule has 1 heterocycles. The molecule has 3 nitrogen and oxygen atoms in total. The highest BCUT2D eigenvalue weighted by Gasteiger charge is 2.18. The summed E-state index contributed by atoms with van der Waals surface area (Å²) in [7, 11) is 0. The Morgan fingerprint density at radius 1 is 1.56 bits per heavy atom. The molecule has 4 heteroatoms. The topological polar surface area (TPSA) is 44.5 Å². The fraction of sp³-hybridized carbons (Fsp3) is 0.500. The number of nitrogens with two attached hydrogens (primary N) is 1. The fourth-order valence-electron chi connectivity index (χ4n) is 1.74. The molecule has 0 bridgehead atoms. The highest BCUT2D eigenvalue weighted by molar-refractivity contribution is 5.31. The lowest BCUT2D eigenvalue weighted by atomic mass is 10.1. The van der Waals surface area contributed by atoms with Crippen LogP contribution in [0.2, 0.25) is 0 Å². The number of halogens is 1. The van der Waals surface area contributed by atoms with Crippen LogP contribution in [0.4, 0.5) is 4.39 Å². The van der Waals surface area contributed by atoms with Crippen LogP contribution in [-0.2, 0) is 4.74 Å². The molecule has 1 aliphatic rings. The van der Waals surface area contributed by atoms with Crippen molar-refractivity contribution in [2.24, 2.45) is 5.73 Å². The molecule has 2 rings (SSSR count). The molecule has 0 saturated carbocycles. The predicted octanol–water partition coefficient (Wildman–Crippen LogP) is 2.01. The number of rotatable bonds is 3. The summed E-state index contributed by atoms with van der Waals surface area (Å²) in [6, 6.07) is 4.35. The Bertz CT molecular complexity index is 362. The highest BCUT2D eigenvalue weighted by atomic mass is 19.1. The van der Waals surface area contributed by atoms with E-state index in [1.165, 1.54) is 6.07 Å². The summed E-state index contributed by atoms with van der Waals surface area (Å²) < 4.78 is 24.3. The van der Waals surface area contributed by atoms with Gasteiger partial charge in [0.1, 0.15) is 17.7 Å². The Hall–Kier alpha value is -1.13. The third kappa shape index (κ3) is 2.51. The minimum Gasteiger partial charge on any atom is -0.488 e. The van der Waals surface area contributed by atoms with E-state index in [9.17, 15) is 4.39 Å². The highest BCUT2D eigenvalue weighted by Crippen LogP contribution is 2.23. The number of ether oxygens (including phenoxy) is 2. The number of benzene rings is 1. The van der Waals surface area contributed by atoms with Gasteiger partial charge in [-0.1, -0.05) is 0 Å². The molecular weight excluding hydrogens is 209 g/mol. The SMILES string of the molecule is CC(N)c1cc(O[C@H]2CCOC2)ccc1F. The first-order chi connectivity index (χ1) is 7.66. The van der Waals surface area contributed by atoms with Crippen molar-refractivity contribution >= 4 is 0 Å². The van der Waals surface area contributed by atoms with E-state index in [1.54, 1.807) is 19.1 Å². The van der Waals surface area contributed by atoms with Gasteiger partial charge in [-0.25, -0.2) is 4.39 Å². The smallest absolute Gasteiger partial charge is 0.128 e. The van der Waals surface area contributed by atoms with Crippen molar-refractivity contribution < 1.29 is 13.9 Å². The molecule has 0 radical (unpaired) electrons. The van der Waals surface area contributed by atoms with Crippen LogP contribution in [0.25, 0.3) is 0 Å². The van der Waals surface area contributed by atoms with E-state index in [0.29, 0.717) is 17.9 Å². The summed E-state index contributed by atoms with van der Waals surface area (Å²) in [5, 5.41) is 0.